The normalized spacial score (nSPS) is 10.4. The van der Waals surface area contributed by atoms with E-state index in [2.05, 4.69) is 10.4 Å². The summed E-state index contributed by atoms with van der Waals surface area (Å²) >= 11 is 1.61. The number of benzene rings is 1. The van der Waals surface area contributed by atoms with E-state index in [4.69, 9.17) is 5.73 Å². The van der Waals surface area contributed by atoms with Gasteiger partial charge in [0.15, 0.2) is 0 Å². The largest absolute Gasteiger partial charge is 0.397 e. The van der Waals surface area contributed by atoms with Gasteiger partial charge in [-0.3, -0.25) is 9.48 Å². The van der Waals surface area contributed by atoms with E-state index in [9.17, 15) is 4.79 Å². The summed E-state index contributed by atoms with van der Waals surface area (Å²) in [5.74, 6) is 0.679. The number of anilines is 2. The first-order valence-corrected chi connectivity index (χ1v) is 6.89. The Bertz CT molecular complexity index is 567. The van der Waals surface area contributed by atoms with Gasteiger partial charge < -0.3 is 11.1 Å². The summed E-state index contributed by atoms with van der Waals surface area (Å²) < 4.78 is 1.74. The molecule has 0 unspecified atom stereocenters. The van der Waals surface area contributed by atoms with E-state index in [-0.39, 0.29) is 5.91 Å². The Labute approximate surface area is 116 Å². The zero-order valence-electron chi connectivity index (χ0n) is 10.7. The third-order valence-electron chi connectivity index (χ3n) is 2.51. The van der Waals surface area contributed by atoms with E-state index in [0.717, 1.165) is 4.90 Å². The Morgan fingerprint density at radius 3 is 2.95 bits per heavy atom. The molecule has 6 heteroatoms. The van der Waals surface area contributed by atoms with Crippen LogP contribution in [0.4, 0.5) is 11.4 Å². The molecule has 19 heavy (non-hydrogen) atoms. The lowest BCUT2D eigenvalue weighted by Crippen LogP contribution is -2.13. The Morgan fingerprint density at radius 2 is 2.26 bits per heavy atom. The van der Waals surface area contributed by atoms with Gasteiger partial charge >= 0.3 is 0 Å². The number of nitrogen functional groups attached to an aromatic ring is 1. The second-order valence-electron chi connectivity index (χ2n) is 4.08. The number of hydrogen-bond acceptors (Lipinski definition) is 4. The Morgan fingerprint density at radius 1 is 1.47 bits per heavy atom. The van der Waals surface area contributed by atoms with Gasteiger partial charge in [-0.15, -0.1) is 11.8 Å². The van der Waals surface area contributed by atoms with Gasteiger partial charge in [-0.25, -0.2) is 0 Å². The molecular formula is C13H16N4OS. The number of thioether (sulfide) groups is 1. The molecule has 1 amide bonds. The molecule has 1 aromatic carbocycles. The van der Waals surface area contributed by atoms with Crippen LogP contribution in [-0.2, 0) is 11.8 Å². The predicted molar refractivity (Wildman–Crippen MR) is 78.0 cm³/mol. The van der Waals surface area contributed by atoms with Crippen LogP contribution in [0.25, 0.3) is 0 Å². The Kier molecular flexibility index (Phi) is 4.46. The number of nitrogens with two attached hydrogens (primary N) is 1. The first-order chi connectivity index (χ1) is 9.15. The number of aryl methyl sites for hydroxylation is 1. The number of carbonyl (C=O) groups is 1. The second kappa shape index (κ2) is 6.29. The lowest BCUT2D eigenvalue weighted by atomic mass is 10.2. The minimum atomic E-state index is -0.0331. The Balaban J connectivity index is 1.77. The standard InChI is InChI=1S/C13H16N4OS/c1-17-9-10(8-15-17)19-7-6-13(18)16-12-5-3-2-4-11(12)14/h2-5,8-9H,6-7,14H2,1H3,(H,16,18). The van der Waals surface area contributed by atoms with Gasteiger partial charge in [-0.1, -0.05) is 12.1 Å². The molecule has 0 aliphatic rings. The molecule has 100 valence electrons. The van der Waals surface area contributed by atoms with E-state index in [1.54, 1.807) is 34.8 Å². The summed E-state index contributed by atoms with van der Waals surface area (Å²) in [6.45, 7) is 0. The molecule has 0 saturated heterocycles. The van der Waals surface area contributed by atoms with Crippen molar-refractivity contribution in [1.82, 2.24) is 9.78 Å². The lowest BCUT2D eigenvalue weighted by molar-refractivity contribution is -0.115. The average Bonchev–Trinajstić information content (AvgIpc) is 2.78. The molecular weight excluding hydrogens is 260 g/mol. The van der Waals surface area contributed by atoms with Crippen LogP contribution in [0.15, 0.2) is 41.6 Å². The molecule has 1 aromatic heterocycles. The first-order valence-electron chi connectivity index (χ1n) is 5.91. The smallest absolute Gasteiger partial charge is 0.225 e. The number of carbonyl (C=O) groups excluding carboxylic acids is 1. The molecule has 0 aliphatic heterocycles. The molecule has 2 rings (SSSR count). The van der Waals surface area contributed by atoms with E-state index in [1.807, 2.05) is 25.4 Å². The molecule has 3 N–H and O–H groups in total. The molecule has 5 nitrogen and oxygen atoms in total. The van der Waals surface area contributed by atoms with Crippen LogP contribution in [0.2, 0.25) is 0 Å². The van der Waals surface area contributed by atoms with Gasteiger partial charge in [0, 0.05) is 30.3 Å². The highest BCUT2D eigenvalue weighted by Crippen LogP contribution is 2.19. The number of amides is 1. The van der Waals surface area contributed by atoms with E-state index < -0.39 is 0 Å². The number of nitrogens with one attached hydrogen (secondary N) is 1. The quantitative estimate of drug-likeness (QED) is 0.648. The van der Waals surface area contributed by atoms with Crippen molar-refractivity contribution in [3.8, 4) is 0 Å². The fourth-order valence-electron chi connectivity index (χ4n) is 1.56. The van der Waals surface area contributed by atoms with Crippen LogP contribution in [-0.4, -0.2) is 21.4 Å². The van der Waals surface area contributed by atoms with Crippen LogP contribution in [0.5, 0.6) is 0 Å². The maximum Gasteiger partial charge on any atom is 0.225 e. The monoisotopic (exact) mass is 276 g/mol. The highest BCUT2D eigenvalue weighted by atomic mass is 32.2. The van der Waals surface area contributed by atoms with Crippen LogP contribution >= 0.6 is 11.8 Å². The van der Waals surface area contributed by atoms with E-state index in [0.29, 0.717) is 23.5 Å². The molecule has 0 bridgehead atoms. The SMILES string of the molecule is Cn1cc(SCCC(=O)Nc2ccccc2N)cn1. The lowest BCUT2D eigenvalue weighted by Gasteiger charge is -2.07. The molecule has 0 spiro atoms. The fraction of sp³-hybridized carbons (Fsp3) is 0.231. The number of rotatable bonds is 5. The number of aromatic nitrogens is 2. The second-order valence-corrected chi connectivity index (χ2v) is 5.25. The van der Waals surface area contributed by atoms with Gasteiger partial charge in [0.1, 0.15) is 0 Å². The van der Waals surface area contributed by atoms with Crippen molar-refractivity contribution in [2.45, 2.75) is 11.3 Å². The molecule has 0 saturated carbocycles. The van der Waals surface area contributed by atoms with Crippen molar-refractivity contribution >= 4 is 29.0 Å². The molecule has 0 fully saturated rings. The maximum atomic E-state index is 11.8. The van der Waals surface area contributed by atoms with Crippen molar-refractivity contribution < 1.29 is 4.79 Å². The highest BCUT2D eigenvalue weighted by molar-refractivity contribution is 7.99. The van der Waals surface area contributed by atoms with Crippen LogP contribution in [0, 0.1) is 0 Å². The van der Waals surface area contributed by atoms with Crippen molar-refractivity contribution in [2.24, 2.45) is 7.05 Å². The minimum absolute atomic E-state index is 0.0331. The number of para-hydroxylation sites is 2. The highest BCUT2D eigenvalue weighted by Gasteiger charge is 2.05. The van der Waals surface area contributed by atoms with E-state index >= 15 is 0 Å². The summed E-state index contributed by atoms with van der Waals surface area (Å²) in [6, 6.07) is 7.24. The maximum absolute atomic E-state index is 11.8. The van der Waals surface area contributed by atoms with Crippen LogP contribution in [0.3, 0.4) is 0 Å². The summed E-state index contributed by atoms with van der Waals surface area (Å²) in [5, 5.41) is 6.88. The third-order valence-corrected chi connectivity index (χ3v) is 3.47. The van der Waals surface area contributed by atoms with Crippen LogP contribution in [0.1, 0.15) is 6.42 Å². The van der Waals surface area contributed by atoms with Gasteiger partial charge in [0.05, 0.1) is 17.6 Å². The Hall–Kier alpha value is -1.95. The summed E-state index contributed by atoms with van der Waals surface area (Å²) in [4.78, 5) is 12.8. The zero-order chi connectivity index (χ0) is 13.7. The first kappa shape index (κ1) is 13.5. The topological polar surface area (TPSA) is 72.9 Å². The molecule has 0 atom stereocenters. The van der Waals surface area contributed by atoms with Crippen molar-refractivity contribution in [2.75, 3.05) is 16.8 Å². The zero-order valence-corrected chi connectivity index (χ0v) is 11.5. The summed E-state index contributed by atoms with van der Waals surface area (Å²) in [6.07, 6.45) is 4.16. The number of nitrogens with zero attached hydrogens (tertiary/aromatic N) is 2. The van der Waals surface area contributed by atoms with Gasteiger partial charge in [0.2, 0.25) is 5.91 Å². The molecule has 1 heterocycles. The molecule has 0 radical (unpaired) electrons. The molecule has 0 aliphatic carbocycles. The van der Waals surface area contributed by atoms with Gasteiger partial charge in [0.25, 0.3) is 0 Å². The van der Waals surface area contributed by atoms with Crippen molar-refractivity contribution in [3.05, 3.63) is 36.7 Å². The van der Waals surface area contributed by atoms with Crippen LogP contribution < -0.4 is 11.1 Å². The minimum Gasteiger partial charge on any atom is -0.397 e. The summed E-state index contributed by atoms with van der Waals surface area (Å²) in [7, 11) is 1.87. The molecule has 2 aromatic rings. The number of hydrogen-bond donors (Lipinski definition) is 2. The van der Waals surface area contributed by atoms with Crippen molar-refractivity contribution in [3.63, 3.8) is 0 Å². The predicted octanol–water partition coefficient (Wildman–Crippen LogP) is 2.12. The van der Waals surface area contributed by atoms with Gasteiger partial charge in [-0.2, -0.15) is 5.10 Å². The summed E-state index contributed by atoms with van der Waals surface area (Å²) in [5.41, 5.74) is 7.01. The van der Waals surface area contributed by atoms with E-state index in [1.165, 1.54) is 0 Å². The third kappa shape index (κ3) is 4.03. The average molecular weight is 276 g/mol. The van der Waals surface area contributed by atoms with Crippen molar-refractivity contribution in [1.29, 1.82) is 0 Å². The van der Waals surface area contributed by atoms with Gasteiger partial charge in [-0.05, 0) is 12.1 Å². The fourth-order valence-corrected chi connectivity index (χ4v) is 2.43.